The fourth-order valence-corrected chi connectivity index (χ4v) is 4.21. The van der Waals surface area contributed by atoms with E-state index in [2.05, 4.69) is 0 Å². The molecule has 1 unspecified atom stereocenters. The molecular formula is C28H28N2O3. The SMILES string of the molecule is Cc1cccc(C2/C(=C(/O)c3ccc(C)c(C)c3)C(=O)C(=O)N2c2ccc(N(C)C)cc2)c1. The second kappa shape index (κ2) is 8.58. The number of carbonyl (C=O) groups excluding carboxylic acids is 2. The highest BCUT2D eigenvalue weighted by Crippen LogP contribution is 2.42. The number of hydrogen-bond acceptors (Lipinski definition) is 4. The molecule has 1 fully saturated rings. The molecule has 0 aliphatic carbocycles. The zero-order chi connectivity index (χ0) is 23.9. The topological polar surface area (TPSA) is 60.9 Å². The molecule has 3 aromatic carbocycles. The summed E-state index contributed by atoms with van der Waals surface area (Å²) in [6.45, 7) is 5.90. The maximum atomic E-state index is 13.3. The molecule has 4 rings (SSSR count). The van der Waals surface area contributed by atoms with Gasteiger partial charge in [0.05, 0.1) is 11.6 Å². The number of benzene rings is 3. The van der Waals surface area contributed by atoms with Crippen LogP contribution in [0.15, 0.2) is 72.3 Å². The Morgan fingerprint density at radius 3 is 2.18 bits per heavy atom. The first kappa shape index (κ1) is 22.3. The van der Waals surface area contributed by atoms with Gasteiger partial charge in [-0.3, -0.25) is 14.5 Å². The van der Waals surface area contributed by atoms with Crippen LogP contribution < -0.4 is 9.80 Å². The standard InChI is InChI=1S/C28H28N2O3/c1-17-7-6-8-20(15-17)25-24(26(31)21-10-9-18(2)19(3)16-21)27(32)28(33)30(25)23-13-11-22(12-14-23)29(4)5/h6-16,25,31H,1-5H3/b26-24-. The van der Waals surface area contributed by atoms with Crippen LogP contribution in [0.3, 0.4) is 0 Å². The lowest BCUT2D eigenvalue weighted by Crippen LogP contribution is -2.29. The highest BCUT2D eigenvalue weighted by Gasteiger charge is 2.47. The molecule has 1 aliphatic heterocycles. The van der Waals surface area contributed by atoms with Crippen molar-refractivity contribution in [2.24, 2.45) is 0 Å². The molecule has 0 radical (unpaired) electrons. The molecule has 33 heavy (non-hydrogen) atoms. The van der Waals surface area contributed by atoms with Gasteiger partial charge in [-0.05, 0) is 67.8 Å². The van der Waals surface area contributed by atoms with Gasteiger partial charge in [-0.15, -0.1) is 0 Å². The second-order valence-electron chi connectivity index (χ2n) is 8.79. The molecule has 1 aliphatic rings. The first-order chi connectivity index (χ1) is 15.7. The van der Waals surface area contributed by atoms with Crippen LogP contribution in [0.4, 0.5) is 11.4 Å². The van der Waals surface area contributed by atoms with Crippen molar-refractivity contribution in [1.29, 1.82) is 0 Å². The van der Waals surface area contributed by atoms with Gasteiger partial charge in [-0.2, -0.15) is 0 Å². The number of carbonyl (C=O) groups is 2. The molecule has 1 heterocycles. The van der Waals surface area contributed by atoms with E-state index in [-0.39, 0.29) is 11.3 Å². The molecular weight excluding hydrogens is 412 g/mol. The fourth-order valence-electron chi connectivity index (χ4n) is 4.21. The average Bonchev–Trinajstić information content (AvgIpc) is 3.06. The molecule has 5 nitrogen and oxygen atoms in total. The Balaban J connectivity index is 1.93. The highest BCUT2D eigenvalue weighted by atomic mass is 16.3. The molecule has 1 amide bonds. The zero-order valence-corrected chi connectivity index (χ0v) is 19.6. The maximum absolute atomic E-state index is 13.3. The highest BCUT2D eigenvalue weighted by molar-refractivity contribution is 6.51. The summed E-state index contributed by atoms with van der Waals surface area (Å²) in [6, 6.07) is 20.0. The van der Waals surface area contributed by atoms with Gasteiger partial charge in [-0.1, -0.05) is 42.0 Å². The van der Waals surface area contributed by atoms with Crippen LogP contribution in [0.2, 0.25) is 0 Å². The lowest BCUT2D eigenvalue weighted by molar-refractivity contribution is -0.132. The van der Waals surface area contributed by atoms with Gasteiger partial charge >= 0.3 is 0 Å². The van der Waals surface area contributed by atoms with E-state index in [1.807, 2.05) is 100 Å². The van der Waals surface area contributed by atoms with Gasteiger partial charge in [0, 0.05) is 31.0 Å². The molecule has 0 bridgehead atoms. The predicted molar refractivity (Wildman–Crippen MR) is 133 cm³/mol. The van der Waals surface area contributed by atoms with Crippen molar-refractivity contribution in [3.63, 3.8) is 0 Å². The summed E-state index contributed by atoms with van der Waals surface area (Å²) in [4.78, 5) is 30.0. The van der Waals surface area contributed by atoms with Gasteiger partial charge in [0.1, 0.15) is 5.76 Å². The third-order valence-electron chi connectivity index (χ3n) is 6.23. The number of rotatable bonds is 4. The predicted octanol–water partition coefficient (Wildman–Crippen LogP) is 5.30. The number of aliphatic hydroxyl groups is 1. The van der Waals surface area contributed by atoms with E-state index in [1.165, 1.54) is 4.90 Å². The van der Waals surface area contributed by atoms with E-state index in [4.69, 9.17) is 0 Å². The summed E-state index contributed by atoms with van der Waals surface area (Å²) >= 11 is 0. The minimum Gasteiger partial charge on any atom is -0.507 e. The second-order valence-corrected chi connectivity index (χ2v) is 8.79. The number of Topliss-reactive ketones (excluding diaryl/α,β-unsaturated/α-hetero) is 1. The van der Waals surface area contributed by atoms with Crippen molar-refractivity contribution in [2.75, 3.05) is 23.9 Å². The summed E-state index contributed by atoms with van der Waals surface area (Å²) in [6.07, 6.45) is 0. The van der Waals surface area contributed by atoms with Crippen LogP contribution in [0.25, 0.3) is 5.76 Å². The Labute approximate surface area is 194 Å². The first-order valence-electron chi connectivity index (χ1n) is 10.9. The Morgan fingerprint density at radius 2 is 1.58 bits per heavy atom. The number of nitrogens with zero attached hydrogens (tertiary/aromatic N) is 2. The van der Waals surface area contributed by atoms with Crippen molar-refractivity contribution >= 4 is 28.8 Å². The number of amides is 1. The van der Waals surface area contributed by atoms with Gasteiger partial charge < -0.3 is 10.0 Å². The normalized spacial score (nSPS) is 17.5. The fraction of sp³-hybridized carbons (Fsp3) is 0.214. The van der Waals surface area contributed by atoms with E-state index < -0.39 is 17.7 Å². The molecule has 3 aromatic rings. The quantitative estimate of drug-likeness (QED) is 0.340. The van der Waals surface area contributed by atoms with Crippen LogP contribution in [-0.2, 0) is 9.59 Å². The van der Waals surface area contributed by atoms with Crippen LogP contribution in [-0.4, -0.2) is 30.9 Å². The monoisotopic (exact) mass is 440 g/mol. The van der Waals surface area contributed by atoms with Crippen molar-refractivity contribution in [2.45, 2.75) is 26.8 Å². The van der Waals surface area contributed by atoms with Crippen molar-refractivity contribution < 1.29 is 14.7 Å². The van der Waals surface area contributed by atoms with Crippen LogP contribution >= 0.6 is 0 Å². The maximum Gasteiger partial charge on any atom is 0.300 e. The van der Waals surface area contributed by atoms with Crippen molar-refractivity contribution in [3.05, 3.63) is 100 Å². The van der Waals surface area contributed by atoms with E-state index >= 15 is 0 Å². The number of hydrogen-bond donors (Lipinski definition) is 1. The van der Waals surface area contributed by atoms with Gasteiger partial charge in [0.15, 0.2) is 0 Å². The molecule has 0 aromatic heterocycles. The van der Waals surface area contributed by atoms with Crippen LogP contribution in [0, 0.1) is 20.8 Å². The minimum absolute atomic E-state index is 0.102. The molecule has 1 N–H and O–H groups in total. The molecule has 1 saturated heterocycles. The summed E-state index contributed by atoms with van der Waals surface area (Å²) in [5.41, 5.74) is 6.08. The Bertz CT molecular complexity index is 1270. The Hall–Kier alpha value is -3.86. The summed E-state index contributed by atoms with van der Waals surface area (Å²) < 4.78 is 0. The third kappa shape index (κ3) is 4.02. The number of anilines is 2. The number of aliphatic hydroxyl groups excluding tert-OH is 1. The van der Waals surface area contributed by atoms with Gasteiger partial charge in [0.2, 0.25) is 0 Å². The van der Waals surface area contributed by atoms with Crippen LogP contribution in [0.5, 0.6) is 0 Å². The van der Waals surface area contributed by atoms with E-state index in [0.29, 0.717) is 11.3 Å². The first-order valence-corrected chi connectivity index (χ1v) is 10.9. The number of aryl methyl sites for hydroxylation is 3. The molecule has 168 valence electrons. The minimum atomic E-state index is -0.725. The lowest BCUT2D eigenvalue weighted by Gasteiger charge is -2.26. The Morgan fingerprint density at radius 1 is 0.879 bits per heavy atom. The van der Waals surface area contributed by atoms with Gasteiger partial charge in [-0.25, -0.2) is 0 Å². The summed E-state index contributed by atoms with van der Waals surface area (Å²) in [7, 11) is 3.88. The molecule has 1 atom stereocenters. The Kier molecular flexibility index (Phi) is 5.81. The van der Waals surface area contributed by atoms with E-state index in [0.717, 1.165) is 27.9 Å². The lowest BCUT2D eigenvalue weighted by atomic mass is 9.93. The van der Waals surface area contributed by atoms with Crippen molar-refractivity contribution in [3.8, 4) is 0 Å². The summed E-state index contributed by atoms with van der Waals surface area (Å²) in [5, 5.41) is 11.3. The van der Waals surface area contributed by atoms with Crippen LogP contribution in [0.1, 0.15) is 33.9 Å². The summed E-state index contributed by atoms with van der Waals surface area (Å²) in [5.74, 6) is -1.49. The molecule has 0 saturated carbocycles. The largest absolute Gasteiger partial charge is 0.507 e. The van der Waals surface area contributed by atoms with E-state index in [9.17, 15) is 14.7 Å². The zero-order valence-electron chi connectivity index (χ0n) is 19.6. The van der Waals surface area contributed by atoms with Crippen molar-refractivity contribution in [1.82, 2.24) is 0 Å². The third-order valence-corrected chi connectivity index (χ3v) is 6.23. The number of ketones is 1. The van der Waals surface area contributed by atoms with E-state index in [1.54, 1.807) is 6.07 Å². The average molecular weight is 441 g/mol. The smallest absolute Gasteiger partial charge is 0.300 e. The molecule has 0 spiro atoms. The van der Waals surface area contributed by atoms with Gasteiger partial charge in [0.25, 0.3) is 11.7 Å². The molecule has 5 heteroatoms.